The van der Waals surface area contributed by atoms with Crippen LogP contribution < -0.4 is 5.14 Å². The van der Waals surface area contributed by atoms with Crippen LogP contribution in [0.5, 0.6) is 0 Å². The first-order valence-electron chi connectivity index (χ1n) is 3.10. The standard InChI is InChI=1S/C6H7F2NO2S/c7-5-2-1-3-6(8,4-5)12(9,10)11/h1-3H,4H2,(H2,9,10,11). The fourth-order valence-corrected chi connectivity index (χ4v) is 1.45. The molecule has 1 atom stereocenters. The maximum Gasteiger partial charge on any atom is 0.248 e. The third-order valence-corrected chi connectivity index (χ3v) is 2.73. The molecule has 2 N–H and O–H groups in total. The van der Waals surface area contributed by atoms with Crippen molar-refractivity contribution in [1.82, 2.24) is 0 Å². The normalized spacial score (nSPS) is 30.1. The Labute approximate surface area is 68.6 Å². The molecule has 0 fully saturated rings. The summed E-state index contributed by atoms with van der Waals surface area (Å²) in [6.45, 7) is 0. The number of primary sulfonamides is 1. The van der Waals surface area contributed by atoms with Crippen molar-refractivity contribution in [3.63, 3.8) is 0 Å². The van der Waals surface area contributed by atoms with Crippen molar-refractivity contribution in [3.8, 4) is 0 Å². The first-order valence-corrected chi connectivity index (χ1v) is 4.65. The molecule has 6 heteroatoms. The second kappa shape index (κ2) is 2.63. The van der Waals surface area contributed by atoms with E-state index in [1.807, 2.05) is 0 Å². The molecule has 12 heavy (non-hydrogen) atoms. The highest BCUT2D eigenvalue weighted by molar-refractivity contribution is 7.90. The van der Waals surface area contributed by atoms with E-state index >= 15 is 0 Å². The Hall–Kier alpha value is -0.750. The number of sulfonamides is 1. The summed E-state index contributed by atoms with van der Waals surface area (Å²) in [6, 6.07) is 0. The fraction of sp³-hybridized carbons (Fsp3) is 0.333. The van der Waals surface area contributed by atoms with Crippen molar-refractivity contribution in [1.29, 1.82) is 0 Å². The van der Waals surface area contributed by atoms with Crippen LogP contribution in [0.2, 0.25) is 0 Å². The topological polar surface area (TPSA) is 60.2 Å². The monoisotopic (exact) mass is 195 g/mol. The Kier molecular flexibility index (Phi) is 2.05. The van der Waals surface area contributed by atoms with Crippen LogP contribution in [0.4, 0.5) is 8.78 Å². The molecule has 0 aromatic heterocycles. The van der Waals surface area contributed by atoms with Gasteiger partial charge >= 0.3 is 0 Å². The van der Waals surface area contributed by atoms with E-state index in [4.69, 9.17) is 0 Å². The summed E-state index contributed by atoms with van der Waals surface area (Å²) in [7, 11) is -4.39. The summed E-state index contributed by atoms with van der Waals surface area (Å²) in [6.07, 6.45) is 1.86. The van der Waals surface area contributed by atoms with Crippen molar-refractivity contribution in [2.45, 2.75) is 11.4 Å². The van der Waals surface area contributed by atoms with Gasteiger partial charge in [0.2, 0.25) is 15.0 Å². The average molecular weight is 195 g/mol. The molecule has 0 heterocycles. The van der Waals surface area contributed by atoms with Gasteiger partial charge in [0, 0.05) is 0 Å². The molecule has 68 valence electrons. The van der Waals surface area contributed by atoms with Crippen LogP contribution >= 0.6 is 0 Å². The summed E-state index contributed by atoms with van der Waals surface area (Å²) in [4.78, 5) is 0. The van der Waals surface area contributed by atoms with E-state index < -0.39 is 27.3 Å². The maximum atomic E-state index is 13.2. The Morgan fingerprint density at radius 2 is 2.17 bits per heavy atom. The molecule has 0 saturated heterocycles. The lowest BCUT2D eigenvalue weighted by molar-refractivity contribution is 0.307. The first-order chi connectivity index (χ1) is 5.35. The zero-order valence-corrected chi connectivity index (χ0v) is 6.81. The van der Waals surface area contributed by atoms with Crippen molar-refractivity contribution in [2.75, 3.05) is 0 Å². The van der Waals surface area contributed by atoms with Gasteiger partial charge in [0.05, 0.1) is 6.42 Å². The zero-order chi connectivity index (χ0) is 9.41. The first kappa shape index (κ1) is 9.34. The number of allylic oxidation sites excluding steroid dienone is 3. The zero-order valence-electron chi connectivity index (χ0n) is 6.00. The van der Waals surface area contributed by atoms with Gasteiger partial charge in [-0.15, -0.1) is 0 Å². The maximum absolute atomic E-state index is 13.2. The fourth-order valence-electron chi connectivity index (χ4n) is 0.840. The van der Waals surface area contributed by atoms with Crippen LogP contribution in [0, 0.1) is 0 Å². The minimum absolute atomic E-state index is 0.728. The van der Waals surface area contributed by atoms with Crippen molar-refractivity contribution in [2.24, 2.45) is 5.14 Å². The molecule has 1 unspecified atom stereocenters. The number of halogens is 2. The van der Waals surface area contributed by atoms with Gasteiger partial charge in [0.15, 0.2) is 0 Å². The smallest absolute Gasteiger partial charge is 0.226 e. The number of nitrogens with two attached hydrogens (primary N) is 1. The van der Waals surface area contributed by atoms with E-state index in [9.17, 15) is 17.2 Å². The number of alkyl halides is 1. The minimum Gasteiger partial charge on any atom is -0.226 e. The molecule has 0 aromatic rings. The van der Waals surface area contributed by atoms with E-state index in [1.165, 1.54) is 0 Å². The highest BCUT2D eigenvalue weighted by atomic mass is 32.2. The van der Waals surface area contributed by atoms with Gasteiger partial charge in [-0.05, 0) is 12.2 Å². The van der Waals surface area contributed by atoms with Crippen molar-refractivity contribution in [3.05, 3.63) is 24.1 Å². The van der Waals surface area contributed by atoms with Crippen LogP contribution in [-0.2, 0) is 10.0 Å². The van der Waals surface area contributed by atoms with Crippen LogP contribution in [0.25, 0.3) is 0 Å². The summed E-state index contributed by atoms with van der Waals surface area (Å²) in [5.41, 5.74) is 0. The van der Waals surface area contributed by atoms with Gasteiger partial charge in [-0.1, -0.05) is 6.08 Å². The van der Waals surface area contributed by atoms with Gasteiger partial charge in [-0.25, -0.2) is 22.3 Å². The Morgan fingerprint density at radius 1 is 1.58 bits per heavy atom. The lowest BCUT2D eigenvalue weighted by atomic mass is 10.1. The minimum atomic E-state index is -4.39. The lowest BCUT2D eigenvalue weighted by Crippen LogP contribution is -2.38. The molecule has 0 amide bonds. The molecule has 1 aliphatic carbocycles. The van der Waals surface area contributed by atoms with E-state index in [1.54, 1.807) is 0 Å². The van der Waals surface area contributed by atoms with E-state index in [0.29, 0.717) is 0 Å². The second-order valence-corrected chi connectivity index (χ2v) is 4.25. The number of rotatable bonds is 1. The van der Waals surface area contributed by atoms with Crippen LogP contribution in [0.1, 0.15) is 6.42 Å². The van der Waals surface area contributed by atoms with E-state index in [0.717, 1.165) is 18.2 Å². The Morgan fingerprint density at radius 3 is 2.50 bits per heavy atom. The predicted octanol–water partition coefficient (Wildman–Crippen LogP) is 0.754. The van der Waals surface area contributed by atoms with E-state index in [2.05, 4.69) is 5.14 Å². The summed E-state index contributed by atoms with van der Waals surface area (Å²) in [5, 5.41) is 1.77. The Bertz CT molecular complexity index is 347. The van der Waals surface area contributed by atoms with Gasteiger partial charge in [-0.3, -0.25) is 0 Å². The molecule has 0 spiro atoms. The molecule has 1 aliphatic rings. The molecule has 1 rings (SSSR count). The Balaban J connectivity index is 3.07. The number of hydrogen-bond acceptors (Lipinski definition) is 2. The summed E-state index contributed by atoms with van der Waals surface area (Å²) >= 11 is 0. The second-order valence-electron chi connectivity index (χ2n) is 2.48. The van der Waals surface area contributed by atoms with Gasteiger partial charge in [-0.2, -0.15) is 0 Å². The number of hydrogen-bond donors (Lipinski definition) is 1. The predicted molar refractivity (Wildman–Crippen MR) is 39.9 cm³/mol. The lowest BCUT2D eigenvalue weighted by Gasteiger charge is -2.19. The molecule has 0 aliphatic heterocycles. The molecule has 3 nitrogen and oxygen atoms in total. The van der Waals surface area contributed by atoms with Crippen molar-refractivity contribution >= 4 is 10.0 Å². The third-order valence-electron chi connectivity index (χ3n) is 1.51. The third kappa shape index (κ3) is 1.54. The van der Waals surface area contributed by atoms with Crippen LogP contribution in [0.15, 0.2) is 24.1 Å². The molecule has 0 bridgehead atoms. The molecule has 0 aromatic carbocycles. The van der Waals surface area contributed by atoms with Gasteiger partial charge in [0.1, 0.15) is 5.83 Å². The summed E-state index contributed by atoms with van der Waals surface area (Å²) < 4.78 is 46.9. The van der Waals surface area contributed by atoms with Gasteiger partial charge in [0.25, 0.3) is 0 Å². The molecular formula is C6H7F2NO2S. The SMILES string of the molecule is NS(=O)(=O)C1(F)C=CC=C(F)C1. The van der Waals surface area contributed by atoms with Crippen LogP contribution in [-0.4, -0.2) is 13.4 Å². The average Bonchev–Trinajstić information content (AvgIpc) is 1.83. The van der Waals surface area contributed by atoms with Crippen molar-refractivity contribution < 1.29 is 17.2 Å². The molecule has 0 radical (unpaired) electrons. The van der Waals surface area contributed by atoms with E-state index in [-0.39, 0.29) is 0 Å². The highest BCUT2D eigenvalue weighted by Crippen LogP contribution is 2.30. The van der Waals surface area contributed by atoms with Gasteiger partial charge < -0.3 is 0 Å². The highest BCUT2D eigenvalue weighted by Gasteiger charge is 2.41. The van der Waals surface area contributed by atoms with Crippen LogP contribution in [0.3, 0.4) is 0 Å². The quantitative estimate of drug-likeness (QED) is 0.671. The summed E-state index contributed by atoms with van der Waals surface area (Å²) in [5.74, 6) is -0.839. The molecular weight excluding hydrogens is 188 g/mol. The molecule has 0 saturated carbocycles. The largest absolute Gasteiger partial charge is 0.248 e.